The van der Waals surface area contributed by atoms with Gasteiger partial charge in [0.05, 0.1) is 29.5 Å². The molecule has 0 aromatic heterocycles. The van der Waals surface area contributed by atoms with Crippen molar-refractivity contribution in [3.63, 3.8) is 0 Å². The van der Waals surface area contributed by atoms with Crippen LogP contribution in [0.15, 0.2) is 0 Å². The van der Waals surface area contributed by atoms with Crippen molar-refractivity contribution < 1.29 is 13.2 Å². The zero-order valence-corrected chi connectivity index (χ0v) is 13.9. The molecule has 2 heterocycles. The van der Waals surface area contributed by atoms with Gasteiger partial charge in [0.2, 0.25) is 5.91 Å². The molecule has 1 amide bonds. The molecule has 2 fully saturated rings. The highest BCUT2D eigenvalue weighted by Crippen LogP contribution is 2.22. The number of halogens is 1. The minimum absolute atomic E-state index is 0.0595. The fraction of sp³-hybridized carbons (Fsp3) is 0.923. The van der Waals surface area contributed by atoms with Crippen LogP contribution < -0.4 is 11.1 Å². The van der Waals surface area contributed by atoms with E-state index in [0.717, 1.165) is 19.5 Å². The summed E-state index contributed by atoms with van der Waals surface area (Å²) in [6, 6.07) is -0.474. The second-order valence-electron chi connectivity index (χ2n) is 6.26. The monoisotopic (exact) mass is 337 g/mol. The number of hydrogen-bond acceptors (Lipinski definition) is 5. The number of sulfone groups is 1. The van der Waals surface area contributed by atoms with Crippen molar-refractivity contribution in [3.05, 3.63) is 0 Å². The Labute approximate surface area is 131 Å². The SMILES string of the molecule is CC1CCN(CC(=O)NC2CS(=O)(=O)CC2Cl)CC1CN. The summed E-state index contributed by atoms with van der Waals surface area (Å²) in [6.07, 6.45) is 1.03. The Hall–Kier alpha value is -0.370. The van der Waals surface area contributed by atoms with Crippen molar-refractivity contribution in [2.75, 3.05) is 37.7 Å². The minimum Gasteiger partial charge on any atom is -0.350 e. The molecule has 0 saturated carbocycles. The van der Waals surface area contributed by atoms with Crippen LogP contribution in [0, 0.1) is 11.8 Å². The zero-order chi connectivity index (χ0) is 15.6. The van der Waals surface area contributed by atoms with Gasteiger partial charge in [0.25, 0.3) is 0 Å². The van der Waals surface area contributed by atoms with Gasteiger partial charge in [0.15, 0.2) is 9.84 Å². The summed E-state index contributed by atoms with van der Waals surface area (Å²) in [5, 5.41) is 2.22. The van der Waals surface area contributed by atoms with Gasteiger partial charge in [-0.3, -0.25) is 9.69 Å². The van der Waals surface area contributed by atoms with Crippen molar-refractivity contribution >= 4 is 27.3 Å². The minimum atomic E-state index is -3.12. The highest BCUT2D eigenvalue weighted by molar-refractivity contribution is 7.91. The lowest BCUT2D eigenvalue weighted by Gasteiger charge is -2.36. The molecule has 0 bridgehead atoms. The van der Waals surface area contributed by atoms with Crippen molar-refractivity contribution in [1.82, 2.24) is 10.2 Å². The van der Waals surface area contributed by atoms with Crippen LogP contribution in [0.4, 0.5) is 0 Å². The lowest BCUT2D eigenvalue weighted by Crippen LogP contribution is -2.49. The summed E-state index contributed by atoms with van der Waals surface area (Å²) >= 11 is 5.99. The number of carbonyl (C=O) groups excluding carboxylic acids is 1. The van der Waals surface area contributed by atoms with Gasteiger partial charge in [-0.2, -0.15) is 0 Å². The van der Waals surface area contributed by atoms with E-state index >= 15 is 0 Å². The smallest absolute Gasteiger partial charge is 0.234 e. The molecule has 2 saturated heterocycles. The van der Waals surface area contributed by atoms with Crippen molar-refractivity contribution in [3.8, 4) is 0 Å². The van der Waals surface area contributed by atoms with E-state index in [9.17, 15) is 13.2 Å². The van der Waals surface area contributed by atoms with Crippen LogP contribution in [-0.2, 0) is 14.6 Å². The van der Waals surface area contributed by atoms with E-state index in [1.807, 2.05) is 0 Å². The van der Waals surface area contributed by atoms with Gasteiger partial charge < -0.3 is 11.1 Å². The number of nitrogens with two attached hydrogens (primary N) is 1. The number of nitrogens with one attached hydrogen (secondary N) is 1. The highest BCUT2D eigenvalue weighted by Gasteiger charge is 2.37. The standard InChI is InChI=1S/C13H24ClN3O3S/c1-9-2-3-17(5-10(9)4-15)6-13(18)16-12-8-21(19,20)7-11(12)14/h9-12H,2-8,15H2,1H3,(H,16,18). The molecule has 2 aliphatic rings. The van der Waals surface area contributed by atoms with Crippen LogP contribution in [0.25, 0.3) is 0 Å². The third kappa shape index (κ3) is 4.55. The molecule has 3 N–H and O–H groups in total. The predicted molar refractivity (Wildman–Crippen MR) is 83.0 cm³/mol. The number of carbonyl (C=O) groups is 1. The largest absolute Gasteiger partial charge is 0.350 e. The summed E-state index contributed by atoms with van der Waals surface area (Å²) in [4.78, 5) is 14.1. The Bertz CT molecular complexity index is 485. The van der Waals surface area contributed by atoms with Gasteiger partial charge in [-0.05, 0) is 31.3 Å². The van der Waals surface area contributed by atoms with E-state index in [2.05, 4.69) is 17.1 Å². The fourth-order valence-corrected chi connectivity index (χ4v) is 5.62. The molecule has 8 heteroatoms. The Balaban J connectivity index is 1.82. The van der Waals surface area contributed by atoms with Crippen LogP contribution in [0.2, 0.25) is 0 Å². The molecular formula is C13H24ClN3O3S. The third-order valence-electron chi connectivity index (χ3n) is 4.50. The first kappa shape index (κ1) is 17.0. The zero-order valence-electron chi connectivity index (χ0n) is 12.3. The van der Waals surface area contributed by atoms with Crippen molar-refractivity contribution in [1.29, 1.82) is 0 Å². The van der Waals surface area contributed by atoms with Gasteiger partial charge in [0, 0.05) is 6.54 Å². The molecular weight excluding hydrogens is 314 g/mol. The molecule has 4 unspecified atom stereocenters. The lowest BCUT2D eigenvalue weighted by molar-refractivity contribution is -0.123. The first-order valence-corrected chi connectivity index (χ1v) is 9.63. The molecule has 122 valence electrons. The van der Waals surface area contributed by atoms with E-state index in [-0.39, 0.29) is 24.0 Å². The maximum absolute atomic E-state index is 12.1. The second kappa shape index (κ2) is 6.81. The van der Waals surface area contributed by atoms with Crippen LogP contribution in [0.3, 0.4) is 0 Å². The van der Waals surface area contributed by atoms with Crippen LogP contribution in [0.1, 0.15) is 13.3 Å². The van der Waals surface area contributed by atoms with Crippen molar-refractivity contribution in [2.45, 2.75) is 24.8 Å². The Morgan fingerprint density at radius 3 is 2.71 bits per heavy atom. The van der Waals surface area contributed by atoms with Gasteiger partial charge in [-0.15, -0.1) is 11.6 Å². The first-order valence-electron chi connectivity index (χ1n) is 7.37. The van der Waals surface area contributed by atoms with E-state index < -0.39 is 21.3 Å². The average Bonchev–Trinajstić information content (AvgIpc) is 2.64. The number of piperidine rings is 1. The molecule has 0 aromatic rings. The number of amides is 1. The summed E-state index contributed by atoms with van der Waals surface area (Å²) in [5.74, 6) is 0.722. The second-order valence-corrected chi connectivity index (χ2v) is 8.98. The van der Waals surface area contributed by atoms with Crippen LogP contribution in [-0.4, -0.2) is 68.3 Å². The summed E-state index contributed by atoms with van der Waals surface area (Å²) in [7, 11) is -3.12. The van der Waals surface area contributed by atoms with Gasteiger partial charge in [-0.25, -0.2) is 8.42 Å². The number of hydrogen-bond donors (Lipinski definition) is 2. The van der Waals surface area contributed by atoms with E-state index in [1.165, 1.54) is 0 Å². The number of likely N-dealkylation sites (tertiary alicyclic amines) is 1. The molecule has 0 aliphatic carbocycles. The summed E-state index contributed by atoms with van der Waals surface area (Å²) in [6.45, 7) is 4.79. The molecule has 0 aromatic carbocycles. The van der Waals surface area contributed by atoms with Crippen LogP contribution >= 0.6 is 11.6 Å². The topological polar surface area (TPSA) is 92.5 Å². The molecule has 0 spiro atoms. The molecule has 2 aliphatic heterocycles. The predicted octanol–water partition coefficient (Wildman–Crippen LogP) is -0.576. The van der Waals surface area contributed by atoms with E-state index in [4.69, 9.17) is 17.3 Å². The third-order valence-corrected chi connectivity index (χ3v) is 6.87. The highest BCUT2D eigenvalue weighted by atomic mass is 35.5. The number of rotatable bonds is 4. The Morgan fingerprint density at radius 1 is 1.43 bits per heavy atom. The average molecular weight is 338 g/mol. The summed E-state index contributed by atoms with van der Waals surface area (Å²) < 4.78 is 23.0. The van der Waals surface area contributed by atoms with Gasteiger partial charge >= 0.3 is 0 Å². The first-order chi connectivity index (χ1) is 9.80. The maximum Gasteiger partial charge on any atom is 0.234 e. The fourth-order valence-electron chi connectivity index (χ4n) is 3.07. The Kier molecular flexibility index (Phi) is 5.51. The maximum atomic E-state index is 12.1. The molecule has 21 heavy (non-hydrogen) atoms. The lowest BCUT2D eigenvalue weighted by atomic mass is 9.87. The molecule has 6 nitrogen and oxygen atoms in total. The number of nitrogens with zero attached hydrogens (tertiary/aromatic N) is 1. The number of alkyl halides is 1. The molecule has 0 radical (unpaired) electrons. The van der Waals surface area contributed by atoms with Crippen LogP contribution in [0.5, 0.6) is 0 Å². The van der Waals surface area contributed by atoms with Crippen molar-refractivity contribution in [2.24, 2.45) is 17.6 Å². The molecule has 2 rings (SSSR count). The van der Waals surface area contributed by atoms with Gasteiger partial charge in [-0.1, -0.05) is 6.92 Å². The summed E-state index contributed by atoms with van der Waals surface area (Å²) in [5.41, 5.74) is 5.76. The van der Waals surface area contributed by atoms with E-state index in [1.54, 1.807) is 0 Å². The quantitative estimate of drug-likeness (QED) is 0.670. The van der Waals surface area contributed by atoms with Gasteiger partial charge in [0.1, 0.15) is 0 Å². The normalized spacial score (nSPS) is 36.5. The molecule has 4 atom stereocenters. The van der Waals surface area contributed by atoms with E-state index in [0.29, 0.717) is 18.4 Å². The Morgan fingerprint density at radius 2 is 2.14 bits per heavy atom.